The van der Waals surface area contributed by atoms with E-state index in [-0.39, 0.29) is 18.1 Å². The van der Waals surface area contributed by atoms with Gasteiger partial charge in [-0.15, -0.1) is 0 Å². The fourth-order valence-corrected chi connectivity index (χ4v) is 4.40. The molecule has 2 aromatic carbocycles. The Labute approximate surface area is 209 Å². The number of anilines is 1. The summed E-state index contributed by atoms with van der Waals surface area (Å²) >= 11 is 0. The molecule has 0 aliphatic carbocycles. The highest BCUT2D eigenvalue weighted by atomic mass is 32.2. The summed E-state index contributed by atoms with van der Waals surface area (Å²) < 4.78 is 32.1. The molecular weight excluding hydrogens is 466 g/mol. The van der Waals surface area contributed by atoms with Crippen molar-refractivity contribution < 1.29 is 22.7 Å². The molecule has 1 atom stereocenters. The van der Waals surface area contributed by atoms with Crippen LogP contribution in [0.4, 0.5) is 5.69 Å². The van der Waals surface area contributed by atoms with Gasteiger partial charge >= 0.3 is 0 Å². The Morgan fingerprint density at radius 3 is 2.31 bits per heavy atom. The molecule has 0 aliphatic heterocycles. The van der Waals surface area contributed by atoms with Crippen LogP contribution in [0.25, 0.3) is 0 Å². The van der Waals surface area contributed by atoms with Gasteiger partial charge in [-0.05, 0) is 44.9 Å². The highest BCUT2D eigenvalue weighted by Crippen LogP contribution is 2.30. The van der Waals surface area contributed by atoms with Crippen LogP contribution in [0.2, 0.25) is 0 Å². The van der Waals surface area contributed by atoms with Gasteiger partial charge in [-0.25, -0.2) is 8.42 Å². The smallest absolute Gasteiger partial charge is 0.244 e. The topological polar surface area (TPSA) is 96.0 Å². The van der Waals surface area contributed by atoms with Gasteiger partial charge in [0.15, 0.2) is 0 Å². The molecule has 0 aromatic heterocycles. The van der Waals surface area contributed by atoms with Crippen molar-refractivity contribution in [3.05, 3.63) is 59.7 Å². The van der Waals surface area contributed by atoms with Crippen LogP contribution in [0, 0.1) is 6.92 Å². The number of nitrogens with one attached hydrogen (secondary N) is 1. The Kier molecular flexibility index (Phi) is 10.6. The molecular formula is C26H37N3O5S. The third-order valence-electron chi connectivity index (χ3n) is 5.58. The Morgan fingerprint density at radius 2 is 1.71 bits per heavy atom. The van der Waals surface area contributed by atoms with E-state index in [9.17, 15) is 18.0 Å². The number of amides is 2. The third kappa shape index (κ3) is 8.28. The molecule has 2 amide bonds. The summed E-state index contributed by atoms with van der Waals surface area (Å²) in [7, 11) is -3.82. The zero-order chi connectivity index (χ0) is 26.0. The third-order valence-corrected chi connectivity index (χ3v) is 6.71. The Morgan fingerprint density at radius 1 is 1.06 bits per heavy atom. The number of benzene rings is 2. The largest absolute Gasteiger partial charge is 0.492 e. The number of hydrogen-bond acceptors (Lipinski definition) is 5. The Balaban J connectivity index is 2.38. The normalized spacial score (nSPS) is 12.0. The van der Waals surface area contributed by atoms with Crippen LogP contribution in [0.5, 0.6) is 5.75 Å². The van der Waals surface area contributed by atoms with E-state index in [1.165, 1.54) is 4.90 Å². The SMILES string of the molecule is CCCCNC(=O)[C@H](C)N(Cc1ccc(C)cc1)C(=O)CN(c1ccccc1OCC)S(C)(=O)=O. The maximum absolute atomic E-state index is 13.6. The van der Waals surface area contributed by atoms with Crippen LogP contribution in [0.15, 0.2) is 48.5 Å². The molecule has 0 aliphatic rings. The number of ether oxygens (including phenoxy) is 1. The van der Waals surface area contributed by atoms with Crippen molar-refractivity contribution >= 4 is 27.5 Å². The maximum atomic E-state index is 13.6. The monoisotopic (exact) mass is 503 g/mol. The Bertz CT molecular complexity index is 1090. The lowest BCUT2D eigenvalue weighted by Crippen LogP contribution is -2.51. The fraction of sp³-hybridized carbons (Fsp3) is 0.462. The van der Waals surface area contributed by atoms with E-state index in [0.29, 0.717) is 18.9 Å². The number of para-hydroxylation sites is 2. The number of rotatable bonds is 13. The molecule has 0 heterocycles. The standard InChI is InChI=1S/C26H37N3O5S/c1-6-8-17-27-26(31)21(4)28(18-22-15-13-20(3)14-16-22)25(30)19-29(35(5,32)33)23-11-9-10-12-24(23)34-7-2/h9-16,21H,6-8,17-19H2,1-5H3,(H,27,31)/t21-/m0/s1. The Hall–Kier alpha value is -3.07. The van der Waals surface area contributed by atoms with Crippen LogP contribution < -0.4 is 14.4 Å². The van der Waals surface area contributed by atoms with Crippen LogP contribution in [0.3, 0.4) is 0 Å². The van der Waals surface area contributed by atoms with Crippen LogP contribution in [-0.2, 0) is 26.2 Å². The van der Waals surface area contributed by atoms with Crippen molar-refractivity contribution in [1.29, 1.82) is 0 Å². The van der Waals surface area contributed by atoms with Gasteiger partial charge in [0.25, 0.3) is 0 Å². The van der Waals surface area contributed by atoms with E-state index in [0.717, 1.165) is 34.5 Å². The lowest BCUT2D eigenvalue weighted by Gasteiger charge is -2.32. The molecule has 8 nitrogen and oxygen atoms in total. The van der Waals surface area contributed by atoms with Crippen molar-refractivity contribution in [2.24, 2.45) is 0 Å². The van der Waals surface area contributed by atoms with E-state index < -0.39 is 28.5 Å². The molecule has 1 N–H and O–H groups in total. The van der Waals surface area contributed by atoms with E-state index in [2.05, 4.69) is 5.32 Å². The summed E-state index contributed by atoms with van der Waals surface area (Å²) in [6, 6.07) is 13.6. The number of aryl methyl sites for hydroxylation is 1. The average Bonchev–Trinajstić information content (AvgIpc) is 2.81. The quantitative estimate of drug-likeness (QED) is 0.422. The summed E-state index contributed by atoms with van der Waals surface area (Å²) in [4.78, 5) is 27.9. The first kappa shape index (κ1) is 28.2. The minimum absolute atomic E-state index is 0.173. The number of sulfonamides is 1. The molecule has 35 heavy (non-hydrogen) atoms. The lowest BCUT2D eigenvalue weighted by molar-refractivity contribution is -0.139. The summed E-state index contributed by atoms with van der Waals surface area (Å²) in [5.41, 5.74) is 2.20. The number of hydrogen-bond donors (Lipinski definition) is 1. The molecule has 2 aromatic rings. The molecule has 192 valence electrons. The maximum Gasteiger partial charge on any atom is 0.244 e. The van der Waals surface area contributed by atoms with Crippen LogP contribution in [-0.4, -0.2) is 57.1 Å². The molecule has 0 saturated carbocycles. The van der Waals surface area contributed by atoms with Crippen molar-refractivity contribution in [2.45, 2.75) is 53.1 Å². The molecule has 0 radical (unpaired) electrons. The van der Waals surface area contributed by atoms with Crippen LogP contribution in [0.1, 0.15) is 44.7 Å². The number of carbonyl (C=O) groups excluding carboxylic acids is 2. The second-order valence-electron chi connectivity index (χ2n) is 8.50. The summed E-state index contributed by atoms with van der Waals surface area (Å²) in [6.07, 6.45) is 2.82. The predicted molar refractivity (Wildman–Crippen MR) is 139 cm³/mol. The van der Waals surface area contributed by atoms with Gasteiger partial charge in [-0.2, -0.15) is 0 Å². The highest BCUT2D eigenvalue weighted by Gasteiger charge is 2.31. The molecule has 0 spiro atoms. The van der Waals surface area contributed by atoms with E-state index in [1.807, 2.05) is 38.1 Å². The van der Waals surface area contributed by atoms with Crippen LogP contribution >= 0.6 is 0 Å². The highest BCUT2D eigenvalue weighted by molar-refractivity contribution is 7.92. The first-order valence-corrected chi connectivity index (χ1v) is 13.8. The van der Waals surface area contributed by atoms with Gasteiger partial charge in [0.1, 0.15) is 18.3 Å². The first-order chi connectivity index (χ1) is 16.6. The van der Waals surface area contributed by atoms with Crippen molar-refractivity contribution in [1.82, 2.24) is 10.2 Å². The van der Waals surface area contributed by atoms with E-state index in [1.54, 1.807) is 38.1 Å². The van der Waals surface area contributed by atoms with Crippen molar-refractivity contribution in [3.8, 4) is 5.75 Å². The lowest BCUT2D eigenvalue weighted by atomic mass is 10.1. The van der Waals surface area contributed by atoms with Gasteiger partial charge < -0.3 is 15.0 Å². The molecule has 0 unspecified atom stereocenters. The summed E-state index contributed by atoms with van der Waals surface area (Å²) in [5.74, 6) is -0.399. The van der Waals surface area contributed by atoms with Gasteiger partial charge in [-0.3, -0.25) is 13.9 Å². The van der Waals surface area contributed by atoms with Crippen molar-refractivity contribution in [2.75, 3.05) is 30.3 Å². The number of unbranched alkanes of at least 4 members (excludes halogenated alkanes) is 1. The first-order valence-electron chi connectivity index (χ1n) is 11.9. The van der Waals surface area contributed by atoms with Gasteiger partial charge in [0.2, 0.25) is 21.8 Å². The molecule has 2 rings (SSSR count). The minimum atomic E-state index is -3.82. The summed E-state index contributed by atoms with van der Waals surface area (Å²) in [5, 5.41) is 2.87. The van der Waals surface area contributed by atoms with Gasteiger partial charge in [0, 0.05) is 13.1 Å². The molecule has 0 fully saturated rings. The molecule has 0 bridgehead atoms. The van der Waals surface area contributed by atoms with Gasteiger partial charge in [0.05, 0.1) is 18.6 Å². The second-order valence-corrected chi connectivity index (χ2v) is 10.4. The summed E-state index contributed by atoms with van der Waals surface area (Å²) in [6.45, 7) is 8.04. The number of carbonyl (C=O) groups is 2. The predicted octanol–water partition coefficient (Wildman–Crippen LogP) is 3.49. The molecule has 9 heteroatoms. The second kappa shape index (κ2) is 13.1. The minimum Gasteiger partial charge on any atom is -0.492 e. The van der Waals surface area contributed by atoms with Gasteiger partial charge in [-0.1, -0.05) is 55.3 Å². The van der Waals surface area contributed by atoms with Crippen molar-refractivity contribution in [3.63, 3.8) is 0 Å². The average molecular weight is 504 g/mol. The number of nitrogens with zero attached hydrogens (tertiary/aromatic N) is 2. The molecule has 0 saturated heterocycles. The zero-order valence-corrected chi connectivity index (χ0v) is 22.1. The fourth-order valence-electron chi connectivity index (χ4n) is 3.54. The zero-order valence-electron chi connectivity index (χ0n) is 21.3. The van der Waals surface area contributed by atoms with E-state index in [4.69, 9.17) is 4.74 Å². The van der Waals surface area contributed by atoms with E-state index >= 15 is 0 Å².